The van der Waals surface area contributed by atoms with Gasteiger partial charge in [-0.15, -0.1) is 11.3 Å². The van der Waals surface area contributed by atoms with Crippen LogP contribution in [0.15, 0.2) is 38.6 Å². The maximum absolute atomic E-state index is 5.99. The first-order chi connectivity index (χ1) is 8.22. The first-order valence-corrected chi connectivity index (χ1v) is 7.58. The Balaban J connectivity index is 1.88. The lowest BCUT2D eigenvalue weighted by Crippen LogP contribution is -2.22. The summed E-state index contributed by atoms with van der Waals surface area (Å²) in [7, 11) is 0. The number of nitrogens with one attached hydrogen (secondary N) is 1. The summed E-state index contributed by atoms with van der Waals surface area (Å²) in [5, 5.41) is 3.40. The highest BCUT2D eigenvalue weighted by Crippen LogP contribution is 2.38. The van der Waals surface area contributed by atoms with Crippen LogP contribution in [0.1, 0.15) is 11.0 Å². The molecule has 2 nitrogen and oxygen atoms in total. The van der Waals surface area contributed by atoms with Gasteiger partial charge in [0, 0.05) is 9.35 Å². The second kappa shape index (κ2) is 4.63. The molecule has 1 aliphatic rings. The van der Waals surface area contributed by atoms with E-state index in [1.54, 1.807) is 11.3 Å². The van der Waals surface area contributed by atoms with Crippen LogP contribution in [0.3, 0.4) is 0 Å². The average Bonchev–Trinajstić information content (AvgIpc) is 2.75. The first-order valence-electron chi connectivity index (χ1n) is 5.18. The molecule has 0 aliphatic carbocycles. The molecule has 1 aromatic heterocycles. The van der Waals surface area contributed by atoms with Crippen LogP contribution in [0.2, 0.25) is 0 Å². The predicted molar refractivity (Wildman–Crippen MR) is 78.0 cm³/mol. The maximum atomic E-state index is 5.99. The van der Waals surface area contributed by atoms with E-state index in [1.165, 1.54) is 4.88 Å². The Labute approximate surface area is 120 Å². The molecule has 2 aromatic rings. The van der Waals surface area contributed by atoms with Crippen molar-refractivity contribution < 1.29 is 4.74 Å². The number of hydrogen-bond donors (Lipinski definition) is 1. The average molecular weight is 375 g/mol. The van der Waals surface area contributed by atoms with E-state index < -0.39 is 0 Å². The maximum Gasteiger partial charge on any atom is 0.150 e. The largest absolute Gasteiger partial charge is 0.481 e. The number of thiophene rings is 1. The number of hydrogen-bond acceptors (Lipinski definition) is 3. The van der Waals surface area contributed by atoms with Gasteiger partial charge in [-0.2, -0.15) is 0 Å². The van der Waals surface area contributed by atoms with Gasteiger partial charge in [0.1, 0.15) is 5.75 Å². The number of fused-ring (bicyclic) bond motifs is 1. The lowest BCUT2D eigenvalue weighted by atomic mass is 10.2. The van der Waals surface area contributed by atoms with Crippen molar-refractivity contribution in [3.05, 3.63) is 43.5 Å². The van der Waals surface area contributed by atoms with Gasteiger partial charge in [-0.3, -0.25) is 0 Å². The van der Waals surface area contributed by atoms with Crippen LogP contribution >= 0.6 is 43.2 Å². The van der Waals surface area contributed by atoms with E-state index >= 15 is 0 Å². The van der Waals surface area contributed by atoms with Crippen LogP contribution in [0.5, 0.6) is 5.75 Å². The summed E-state index contributed by atoms with van der Waals surface area (Å²) in [4.78, 5) is 1.23. The van der Waals surface area contributed by atoms with Crippen molar-refractivity contribution in [2.45, 2.75) is 6.10 Å². The molecule has 0 saturated carbocycles. The molecule has 0 fully saturated rings. The van der Waals surface area contributed by atoms with Crippen LogP contribution < -0.4 is 10.1 Å². The summed E-state index contributed by atoms with van der Waals surface area (Å²) in [6, 6.07) is 10.2. The van der Waals surface area contributed by atoms with E-state index in [4.69, 9.17) is 4.74 Å². The van der Waals surface area contributed by atoms with Crippen molar-refractivity contribution in [3.8, 4) is 5.75 Å². The van der Waals surface area contributed by atoms with Gasteiger partial charge in [0.05, 0.1) is 16.0 Å². The second-order valence-corrected chi connectivity index (χ2v) is 7.18. The van der Waals surface area contributed by atoms with Crippen molar-refractivity contribution in [1.29, 1.82) is 0 Å². The Kier molecular flexibility index (Phi) is 3.15. The summed E-state index contributed by atoms with van der Waals surface area (Å²) < 4.78 is 8.19. The highest BCUT2D eigenvalue weighted by atomic mass is 79.9. The van der Waals surface area contributed by atoms with E-state index in [1.807, 2.05) is 18.2 Å². The van der Waals surface area contributed by atoms with Crippen molar-refractivity contribution in [2.24, 2.45) is 0 Å². The fourth-order valence-corrected chi connectivity index (χ4v) is 3.61. The van der Waals surface area contributed by atoms with Crippen LogP contribution in [-0.2, 0) is 0 Å². The predicted octanol–water partition coefficient (Wildman–Crippen LogP) is 4.82. The molecule has 1 aromatic carbocycles. The third-order valence-electron chi connectivity index (χ3n) is 2.60. The van der Waals surface area contributed by atoms with Crippen molar-refractivity contribution in [3.63, 3.8) is 0 Å². The highest BCUT2D eigenvalue weighted by Gasteiger charge is 2.22. The Morgan fingerprint density at radius 1 is 1.24 bits per heavy atom. The van der Waals surface area contributed by atoms with Gasteiger partial charge >= 0.3 is 0 Å². The van der Waals surface area contributed by atoms with Crippen LogP contribution in [0.4, 0.5) is 5.69 Å². The van der Waals surface area contributed by atoms with Crippen LogP contribution in [-0.4, -0.2) is 6.54 Å². The third-order valence-corrected chi connectivity index (χ3v) is 4.81. The summed E-state index contributed by atoms with van der Waals surface area (Å²) in [5.74, 6) is 0.911. The zero-order chi connectivity index (χ0) is 11.8. The molecule has 17 heavy (non-hydrogen) atoms. The lowest BCUT2D eigenvalue weighted by Gasteiger charge is -2.26. The molecule has 5 heteroatoms. The topological polar surface area (TPSA) is 21.3 Å². The highest BCUT2D eigenvalue weighted by molar-refractivity contribution is 9.11. The molecule has 1 N–H and O–H groups in total. The second-order valence-electron chi connectivity index (χ2n) is 3.77. The molecule has 1 atom stereocenters. The molecule has 0 radical (unpaired) electrons. The molecule has 1 unspecified atom stereocenters. The Morgan fingerprint density at radius 2 is 2.12 bits per heavy atom. The normalized spacial score (nSPS) is 18.1. The molecule has 88 valence electrons. The van der Waals surface area contributed by atoms with Gasteiger partial charge in [0.15, 0.2) is 6.10 Å². The van der Waals surface area contributed by atoms with Gasteiger partial charge in [-0.1, -0.05) is 15.9 Å². The Morgan fingerprint density at radius 3 is 2.88 bits per heavy atom. The molecule has 0 saturated heterocycles. The molecule has 0 amide bonds. The van der Waals surface area contributed by atoms with Gasteiger partial charge in [-0.25, -0.2) is 0 Å². The minimum atomic E-state index is 0.0972. The quantitative estimate of drug-likeness (QED) is 0.772. The van der Waals surface area contributed by atoms with Crippen LogP contribution in [0.25, 0.3) is 0 Å². The Bertz CT molecular complexity index is 555. The van der Waals surface area contributed by atoms with Crippen molar-refractivity contribution in [2.75, 3.05) is 11.9 Å². The van der Waals surface area contributed by atoms with E-state index in [0.29, 0.717) is 0 Å². The van der Waals surface area contributed by atoms with E-state index in [0.717, 1.165) is 26.2 Å². The monoisotopic (exact) mass is 373 g/mol. The lowest BCUT2D eigenvalue weighted by molar-refractivity contribution is 0.214. The van der Waals surface area contributed by atoms with Crippen molar-refractivity contribution >= 4 is 48.9 Å². The minimum Gasteiger partial charge on any atom is -0.481 e. The number of halogens is 2. The number of anilines is 1. The van der Waals surface area contributed by atoms with E-state index in [2.05, 4.69) is 49.3 Å². The molecule has 2 heterocycles. The molecule has 1 aliphatic heterocycles. The summed E-state index contributed by atoms with van der Waals surface area (Å²) in [5.41, 5.74) is 1.05. The molecular weight excluding hydrogens is 366 g/mol. The standard InChI is InChI=1S/C12H9Br2NOS/c13-7-1-2-9-8(5-7)15-6-10(16-9)11-3-4-12(14)17-11/h1-5,10,15H,6H2. The molecular formula is C12H9Br2NOS. The smallest absolute Gasteiger partial charge is 0.150 e. The summed E-state index contributed by atoms with van der Waals surface area (Å²) >= 11 is 8.64. The molecule has 3 rings (SSSR count). The van der Waals surface area contributed by atoms with Gasteiger partial charge in [0.25, 0.3) is 0 Å². The van der Waals surface area contributed by atoms with Crippen LogP contribution in [0, 0.1) is 0 Å². The number of benzene rings is 1. The third kappa shape index (κ3) is 2.37. The minimum absolute atomic E-state index is 0.0972. The zero-order valence-electron chi connectivity index (χ0n) is 8.74. The fourth-order valence-electron chi connectivity index (χ4n) is 1.80. The van der Waals surface area contributed by atoms with Crippen molar-refractivity contribution in [1.82, 2.24) is 0 Å². The van der Waals surface area contributed by atoms with Gasteiger partial charge in [-0.05, 0) is 46.3 Å². The van der Waals surface area contributed by atoms with E-state index in [9.17, 15) is 0 Å². The van der Waals surface area contributed by atoms with Gasteiger partial charge < -0.3 is 10.1 Å². The summed E-state index contributed by atoms with van der Waals surface area (Å²) in [6.07, 6.45) is 0.0972. The first kappa shape index (κ1) is 11.6. The Hall–Kier alpha value is -0.520. The summed E-state index contributed by atoms with van der Waals surface area (Å²) in [6.45, 7) is 0.802. The number of rotatable bonds is 1. The fraction of sp³-hybridized carbons (Fsp3) is 0.167. The number of ether oxygens (including phenoxy) is 1. The SMILES string of the molecule is Brc1ccc2c(c1)NCC(c1ccc(Br)s1)O2. The van der Waals surface area contributed by atoms with Gasteiger partial charge in [0.2, 0.25) is 0 Å². The zero-order valence-corrected chi connectivity index (χ0v) is 12.7. The molecule has 0 spiro atoms. The molecule has 0 bridgehead atoms. The van der Waals surface area contributed by atoms with E-state index in [-0.39, 0.29) is 6.10 Å².